The zero-order valence-corrected chi connectivity index (χ0v) is 10.00. The monoisotopic (exact) mass is 245 g/mol. The third kappa shape index (κ3) is 3.50. The Kier molecular flexibility index (Phi) is 5.28. The van der Waals surface area contributed by atoms with E-state index in [0.717, 1.165) is 19.3 Å². The average molecular weight is 246 g/mol. The Bertz CT molecular complexity index is 392. The molecule has 1 rings (SSSR count). The smallest absolute Gasteiger partial charge is 0.287 e. The number of halogens is 1. The van der Waals surface area contributed by atoms with E-state index in [4.69, 9.17) is 16.7 Å². The number of aryl methyl sites for hydroxylation is 1. The summed E-state index contributed by atoms with van der Waals surface area (Å²) in [6.07, 6.45) is 4.20. The van der Waals surface area contributed by atoms with E-state index in [1.54, 1.807) is 7.05 Å². The summed E-state index contributed by atoms with van der Waals surface area (Å²) in [5, 5.41) is 15.7. The zero-order chi connectivity index (χ0) is 12.0. The summed E-state index contributed by atoms with van der Waals surface area (Å²) in [7, 11) is 1.55. The summed E-state index contributed by atoms with van der Waals surface area (Å²) in [6, 6.07) is 0. The van der Waals surface area contributed by atoms with Crippen LogP contribution in [0.5, 0.6) is 0 Å². The van der Waals surface area contributed by atoms with Gasteiger partial charge in [-0.2, -0.15) is 5.10 Å². The summed E-state index contributed by atoms with van der Waals surface area (Å²) in [4.78, 5) is 11.4. The van der Waals surface area contributed by atoms with Gasteiger partial charge in [0, 0.05) is 20.2 Å². The van der Waals surface area contributed by atoms with Gasteiger partial charge in [0.15, 0.2) is 0 Å². The second-order valence-corrected chi connectivity index (χ2v) is 3.89. The van der Waals surface area contributed by atoms with Gasteiger partial charge in [0.1, 0.15) is 5.02 Å². The molecule has 90 valence electrons. The molecule has 0 saturated heterocycles. The van der Waals surface area contributed by atoms with Crippen LogP contribution in [0.15, 0.2) is 11.0 Å². The molecule has 16 heavy (non-hydrogen) atoms. The Balaban J connectivity index is 2.49. The molecule has 0 radical (unpaired) electrons. The van der Waals surface area contributed by atoms with Crippen LogP contribution in [0.4, 0.5) is 5.69 Å². The molecule has 0 aliphatic carbocycles. The minimum atomic E-state index is -0.304. The third-order valence-corrected chi connectivity index (χ3v) is 2.59. The standard InChI is InChI=1S/C10H16ClN3O2/c1-14-10(16)9(11)8(7-13-14)12-5-3-2-4-6-15/h7,12,15H,2-6H2,1H3. The first-order chi connectivity index (χ1) is 7.66. The molecule has 0 bridgehead atoms. The van der Waals surface area contributed by atoms with Crippen LogP contribution < -0.4 is 10.9 Å². The van der Waals surface area contributed by atoms with Crippen LogP contribution in [-0.4, -0.2) is 28.0 Å². The maximum atomic E-state index is 11.4. The number of nitrogens with one attached hydrogen (secondary N) is 1. The molecule has 2 N–H and O–H groups in total. The number of aromatic nitrogens is 2. The van der Waals surface area contributed by atoms with E-state index in [0.29, 0.717) is 12.2 Å². The molecule has 0 unspecified atom stereocenters. The molecule has 0 aromatic carbocycles. The van der Waals surface area contributed by atoms with Crippen LogP contribution in [0, 0.1) is 0 Å². The summed E-state index contributed by atoms with van der Waals surface area (Å²) >= 11 is 5.86. The highest BCUT2D eigenvalue weighted by Crippen LogP contribution is 2.14. The van der Waals surface area contributed by atoms with Crippen molar-refractivity contribution in [1.82, 2.24) is 9.78 Å². The van der Waals surface area contributed by atoms with Crippen LogP contribution in [0.1, 0.15) is 19.3 Å². The Morgan fingerprint density at radius 1 is 1.50 bits per heavy atom. The van der Waals surface area contributed by atoms with Crippen LogP contribution in [0.2, 0.25) is 5.02 Å². The Labute approximate surface area is 99.0 Å². The van der Waals surface area contributed by atoms with Gasteiger partial charge in [-0.3, -0.25) is 4.79 Å². The van der Waals surface area contributed by atoms with Crippen molar-refractivity contribution in [3.8, 4) is 0 Å². The van der Waals surface area contributed by atoms with Gasteiger partial charge in [-0.25, -0.2) is 4.68 Å². The van der Waals surface area contributed by atoms with Gasteiger partial charge in [-0.1, -0.05) is 11.6 Å². The Morgan fingerprint density at radius 2 is 2.25 bits per heavy atom. The van der Waals surface area contributed by atoms with Gasteiger partial charge in [0.2, 0.25) is 0 Å². The Morgan fingerprint density at radius 3 is 2.94 bits per heavy atom. The molecule has 1 heterocycles. The highest BCUT2D eigenvalue weighted by Gasteiger charge is 2.05. The lowest BCUT2D eigenvalue weighted by Gasteiger charge is -2.07. The number of anilines is 1. The number of hydrogen-bond donors (Lipinski definition) is 2. The second-order valence-electron chi connectivity index (χ2n) is 3.51. The van der Waals surface area contributed by atoms with Crippen molar-refractivity contribution in [3.63, 3.8) is 0 Å². The molecule has 0 aliphatic heterocycles. The first-order valence-corrected chi connectivity index (χ1v) is 5.61. The molecule has 0 aliphatic rings. The highest BCUT2D eigenvalue weighted by molar-refractivity contribution is 6.32. The fraction of sp³-hybridized carbons (Fsp3) is 0.600. The molecule has 1 aromatic heterocycles. The Hall–Kier alpha value is -1.07. The zero-order valence-electron chi connectivity index (χ0n) is 9.24. The predicted molar refractivity (Wildman–Crippen MR) is 63.9 cm³/mol. The van der Waals surface area contributed by atoms with Crippen LogP contribution in [-0.2, 0) is 7.05 Å². The van der Waals surface area contributed by atoms with Crippen molar-refractivity contribution < 1.29 is 5.11 Å². The number of aliphatic hydroxyl groups is 1. The molecule has 0 fully saturated rings. The second kappa shape index (κ2) is 6.50. The number of aliphatic hydroxyl groups excluding tert-OH is 1. The molecule has 0 spiro atoms. The summed E-state index contributed by atoms with van der Waals surface area (Å²) in [6.45, 7) is 0.933. The van der Waals surface area contributed by atoms with Gasteiger partial charge >= 0.3 is 0 Å². The largest absolute Gasteiger partial charge is 0.396 e. The van der Waals surface area contributed by atoms with Crippen LogP contribution in [0.25, 0.3) is 0 Å². The van der Waals surface area contributed by atoms with Gasteiger partial charge in [0.25, 0.3) is 5.56 Å². The van der Waals surface area contributed by atoms with Crippen LogP contribution in [0.3, 0.4) is 0 Å². The SMILES string of the molecule is Cn1ncc(NCCCCCO)c(Cl)c1=O. The maximum Gasteiger partial charge on any atom is 0.287 e. The highest BCUT2D eigenvalue weighted by atomic mass is 35.5. The minimum Gasteiger partial charge on any atom is -0.396 e. The lowest BCUT2D eigenvalue weighted by atomic mass is 10.2. The first kappa shape index (κ1) is 13.0. The van der Waals surface area contributed by atoms with Crippen molar-refractivity contribution >= 4 is 17.3 Å². The fourth-order valence-corrected chi connectivity index (χ4v) is 1.51. The predicted octanol–water partition coefficient (Wildman–Crippen LogP) is 1.01. The molecular weight excluding hydrogens is 230 g/mol. The molecule has 1 aromatic rings. The van der Waals surface area contributed by atoms with Crippen molar-refractivity contribution in [1.29, 1.82) is 0 Å². The van der Waals surface area contributed by atoms with Gasteiger partial charge in [0.05, 0.1) is 11.9 Å². The molecule has 0 atom stereocenters. The van der Waals surface area contributed by atoms with Gasteiger partial charge in [-0.15, -0.1) is 0 Å². The maximum absolute atomic E-state index is 11.4. The summed E-state index contributed by atoms with van der Waals surface area (Å²) < 4.78 is 1.19. The number of hydrogen-bond acceptors (Lipinski definition) is 4. The molecule has 0 amide bonds. The number of unbranched alkanes of at least 4 members (excludes halogenated alkanes) is 2. The third-order valence-electron chi connectivity index (χ3n) is 2.23. The fourth-order valence-electron chi connectivity index (χ4n) is 1.27. The lowest BCUT2D eigenvalue weighted by Crippen LogP contribution is -2.21. The van der Waals surface area contributed by atoms with E-state index < -0.39 is 0 Å². The molecule has 6 heteroatoms. The van der Waals surface area contributed by atoms with Gasteiger partial charge in [-0.05, 0) is 19.3 Å². The van der Waals surface area contributed by atoms with E-state index >= 15 is 0 Å². The average Bonchev–Trinajstić information content (AvgIpc) is 2.28. The van der Waals surface area contributed by atoms with E-state index in [-0.39, 0.29) is 17.2 Å². The van der Waals surface area contributed by atoms with E-state index in [1.165, 1.54) is 10.9 Å². The minimum absolute atomic E-state index is 0.166. The van der Waals surface area contributed by atoms with Crippen molar-refractivity contribution in [2.45, 2.75) is 19.3 Å². The first-order valence-electron chi connectivity index (χ1n) is 5.23. The normalized spacial score (nSPS) is 10.4. The quantitative estimate of drug-likeness (QED) is 0.734. The van der Waals surface area contributed by atoms with Crippen molar-refractivity contribution in [2.75, 3.05) is 18.5 Å². The van der Waals surface area contributed by atoms with Crippen LogP contribution >= 0.6 is 11.6 Å². The number of nitrogens with zero attached hydrogens (tertiary/aromatic N) is 2. The van der Waals surface area contributed by atoms with Gasteiger partial charge < -0.3 is 10.4 Å². The summed E-state index contributed by atoms with van der Waals surface area (Å²) in [5.41, 5.74) is 0.260. The molecule has 5 nitrogen and oxygen atoms in total. The van der Waals surface area contributed by atoms with E-state index in [9.17, 15) is 4.79 Å². The van der Waals surface area contributed by atoms with Crippen molar-refractivity contribution in [2.24, 2.45) is 7.05 Å². The molecular formula is C10H16ClN3O2. The van der Waals surface area contributed by atoms with E-state index in [2.05, 4.69) is 10.4 Å². The lowest BCUT2D eigenvalue weighted by molar-refractivity contribution is 0.283. The molecule has 0 saturated carbocycles. The van der Waals surface area contributed by atoms with E-state index in [1.807, 2.05) is 0 Å². The summed E-state index contributed by atoms with van der Waals surface area (Å²) in [5.74, 6) is 0. The number of rotatable bonds is 6. The van der Waals surface area contributed by atoms with Crippen molar-refractivity contribution in [3.05, 3.63) is 21.6 Å². The topological polar surface area (TPSA) is 67.2 Å².